The van der Waals surface area contributed by atoms with Crippen LogP contribution in [-0.2, 0) is 25.8 Å². The molecule has 7 nitrogen and oxygen atoms in total. The van der Waals surface area contributed by atoms with E-state index in [1.165, 1.54) is 18.2 Å². The van der Waals surface area contributed by atoms with Crippen molar-refractivity contribution in [3.05, 3.63) is 35.6 Å². The Bertz CT molecular complexity index is 767. The van der Waals surface area contributed by atoms with Crippen molar-refractivity contribution in [3.8, 4) is 0 Å². The van der Waals surface area contributed by atoms with Gasteiger partial charge in [-0.1, -0.05) is 12.1 Å². The molecule has 1 aliphatic heterocycles. The average Bonchev–Trinajstić information content (AvgIpc) is 2.58. The molecule has 0 aromatic heterocycles. The Morgan fingerprint density at radius 1 is 1.19 bits per heavy atom. The zero-order valence-electron chi connectivity index (χ0n) is 15.1. The molecule has 0 spiro atoms. The summed E-state index contributed by atoms with van der Waals surface area (Å²) in [5, 5.41) is 8.28. The Kier molecular flexibility index (Phi) is 8.64. The van der Waals surface area contributed by atoms with Gasteiger partial charge in [-0.05, 0) is 43.6 Å². The highest BCUT2D eigenvalue weighted by Gasteiger charge is 2.48. The SMILES string of the molecule is CS(=O)(=O)C1(C(=O)NCCNC(=O)Cc2cccc(F)c2)CCNCC1.Cl. The van der Waals surface area contributed by atoms with Crippen LogP contribution in [0.5, 0.6) is 0 Å². The van der Waals surface area contributed by atoms with Crippen molar-refractivity contribution in [2.75, 3.05) is 32.4 Å². The number of hydrogen-bond donors (Lipinski definition) is 3. The minimum absolute atomic E-state index is 0. The third kappa shape index (κ3) is 6.15. The Morgan fingerprint density at radius 3 is 2.41 bits per heavy atom. The summed E-state index contributed by atoms with van der Waals surface area (Å²) in [6.07, 6.45) is 1.57. The molecule has 1 saturated heterocycles. The van der Waals surface area contributed by atoms with Gasteiger partial charge in [0.2, 0.25) is 11.8 Å². The van der Waals surface area contributed by atoms with Crippen LogP contribution in [0.15, 0.2) is 24.3 Å². The first-order valence-electron chi connectivity index (χ1n) is 8.44. The second-order valence-corrected chi connectivity index (χ2v) is 8.75. The van der Waals surface area contributed by atoms with Gasteiger partial charge < -0.3 is 16.0 Å². The summed E-state index contributed by atoms with van der Waals surface area (Å²) in [6.45, 7) is 1.21. The van der Waals surface area contributed by atoms with Crippen molar-refractivity contribution in [2.45, 2.75) is 24.0 Å². The predicted octanol–water partition coefficient (Wildman–Crippen LogP) is 0.189. The lowest BCUT2D eigenvalue weighted by Gasteiger charge is -2.34. The van der Waals surface area contributed by atoms with Gasteiger partial charge in [0.25, 0.3) is 0 Å². The molecule has 0 unspecified atom stereocenters. The second kappa shape index (κ2) is 10.0. The zero-order chi connectivity index (χ0) is 19.2. The van der Waals surface area contributed by atoms with Crippen LogP contribution in [0.2, 0.25) is 0 Å². The number of amides is 2. The molecule has 152 valence electrons. The van der Waals surface area contributed by atoms with Gasteiger partial charge in [-0.2, -0.15) is 0 Å². The third-order valence-corrected chi connectivity index (χ3v) is 6.53. The van der Waals surface area contributed by atoms with Gasteiger partial charge in [0.15, 0.2) is 14.6 Å². The normalized spacial score (nSPS) is 16.1. The summed E-state index contributed by atoms with van der Waals surface area (Å²) in [5.74, 6) is -1.24. The third-order valence-electron chi connectivity index (χ3n) is 4.52. The highest BCUT2D eigenvalue weighted by molar-refractivity contribution is 7.92. The monoisotopic (exact) mass is 421 g/mol. The van der Waals surface area contributed by atoms with E-state index in [0.29, 0.717) is 18.7 Å². The van der Waals surface area contributed by atoms with Crippen molar-refractivity contribution in [1.82, 2.24) is 16.0 Å². The van der Waals surface area contributed by atoms with Crippen LogP contribution in [0.3, 0.4) is 0 Å². The lowest BCUT2D eigenvalue weighted by atomic mass is 9.96. The van der Waals surface area contributed by atoms with Crippen molar-refractivity contribution in [3.63, 3.8) is 0 Å². The molecule has 1 heterocycles. The Morgan fingerprint density at radius 2 is 1.81 bits per heavy atom. The van der Waals surface area contributed by atoms with Crippen LogP contribution < -0.4 is 16.0 Å². The van der Waals surface area contributed by atoms with E-state index in [4.69, 9.17) is 0 Å². The number of rotatable bonds is 7. The van der Waals surface area contributed by atoms with E-state index in [9.17, 15) is 22.4 Å². The highest BCUT2D eigenvalue weighted by Crippen LogP contribution is 2.27. The molecule has 0 atom stereocenters. The molecule has 0 radical (unpaired) electrons. The van der Waals surface area contributed by atoms with E-state index in [0.717, 1.165) is 6.26 Å². The lowest BCUT2D eigenvalue weighted by molar-refractivity contribution is -0.125. The molecule has 1 aromatic rings. The number of carbonyl (C=O) groups excluding carboxylic acids is 2. The summed E-state index contributed by atoms with van der Waals surface area (Å²) in [6, 6.07) is 5.77. The van der Waals surface area contributed by atoms with E-state index in [-0.39, 0.29) is 50.7 Å². The second-order valence-electron chi connectivity index (χ2n) is 6.43. The first-order valence-corrected chi connectivity index (χ1v) is 10.3. The number of halogens is 2. The first-order chi connectivity index (χ1) is 12.2. The molecule has 1 fully saturated rings. The number of sulfone groups is 1. The number of piperidine rings is 1. The van der Waals surface area contributed by atoms with Gasteiger partial charge in [-0.25, -0.2) is 12.8 Å². The fourth-order valence-corrected chi connectivity index (χ4v) is 4.39. The lowest BCUT2D eigenvalue weighted by Crippen LogP contribution is -2.57. The molecule has 1 aliphatic rings. The quantitative estimate of drug-likeness (QED) is 0.545. The fraction of sp³-hybridized carbons (Fsp3) is 0.529. The van der Waals surface area contributed by atoms with Gasteiger partial charge in [-0.3, -0.25) is 9.59 Å². The number of carbonyl (C=O) groups is 2. The van der Waals surface area contributed by atoms with E-state index >= 15 is 0 Å². The summed E-state index contributed by atoms with van der Waals surface area (Å²) >= 11 is 0. The minimum Gasteiger partial charge on any atom is -0.354 e. The maximum Gasteiger partial charge on any atom is 0.241 e. The highest BCUT2D eigenvalue weighted by atomic mass is 35.5. The molecule has 27 heavy (non-hydrogen) atoms. The largest absolute Gasteiger partial charge is 0.354 e. The van der Waals surface area contributed by atoms with Gasteiger partial charge in [0.05, 0.1) is 6.42 Å². The topological polar surface area (TPSA) is 104 Å². The Balaban J connectivity index is 0.00000364. The number of hydrogen-bond acceptors (Lipinski definition) is 5. The van der Waals surface area contributed by atoms with Gasteiger partial charge in [-0.15, -0.1) is 12.4 Å². The van der Waals surface area contributed by atoms with E-state index in [1.807, 2.05) is 0 Å². The molecule has 3 N–H and O–H groups in total. The Labute approximate surface area is 164 Å². The number of benzene rings is 1. The maximum absolute atomic E-state index is 13.1. The van der Waals surface area contributed by atoms with Crippen molar-refractivity contribution < 1.29 is 22.4 Å². The summed E-state index contributed by atoms with van der Waals surface area (Å²) in [7, 11) is -3.56. The first kappa shape index (κ1) is 23.3. The molecule has 0 saturated carbocycles. The van der Waals surface area contributed by atoms with Crippen LogP contribution in [0.25, 0.3) is 0 Å². The van der Waals surface area contributed by atoms with Crippen LogP contribution in [0.1, 0.15) is 18.4 Å². The van der Waals surface area contributed by atoms with E-state index < -0.39 is 26.3 Å². The average molecular weight is 422 g/mol. The standard InChI is InChI=1S/C17H24FN3O4S.ClH/c1-26(24,25)17(5-7-19-8-6-17)16(23)21-10-9-20-15(22)12-13-3-2-4-14(18)11-13;/h2-4,11,19H,5-10,12H2,1H3,(H,20,22)(H,21,23);1H. The molecule has 0 aliphatic carbocycles. The minimum atomic E-state index is -3.56. The van der Waals surface area contributed by atoms with Gasteiger partial charge in [0.1, 0.15) is 5.82 Å². The summed E-state index contributed by atoms with van der Waals surface area (Å²) in [5.41, 5.74) is 0.553. The van der Waals surface area contributed by atoms with Crippen LogP contribution >= 0.6 is 12.4 Å². The van der Waals surface area contributed by atoms with E-state index in [1.54, 1.807) is 6.07 Å². The molecule has 2 amide bonds. The molecular formula is C17H25ClFN3O4S. The maximum atomic E-state index is 13.1. The van der Waals surface area contributed by atoms with Crippen LogP contribution in [0.4, 0.5) is 4.39 Å². The van der Waals surface area contributed by atoms with Crippen molar-refractivity contribution >= 4 is 34.1 Å². The predicted molar refractivity (Wildman–Crippen MR) is 103 cm³/mol. The van der Waals surface area contributed by atoms with Gasteiger partial charge >= 0.3 is 0 Å². The van der Waals surface area contributed by atoms with Crippen molar-refractivity contribution in [2.24, 2.45) is 0 Å². The molecule has 2 rings (SSSR count). The van der Waals surface area contributed by atoms with Crippen LogP contribution in [0, 0.1) is 5.82 Å². The summed E-state index contributed by atoms with van der Waals surface area (Å²) in [4.78, 5) is 24.3. The van der Waals surface area contributed by atoms with Crippen LogP contribution in [-0.4, -0.2) is 57.4 Å². The molecule has 0 bridgehead atoms. The van der Waals surface area contributed by atoms with Crippen molar-refractivity contribution in [1.29, 1.82) is 0 Å². The molecular weight excluding hydrogens is 397 g/mol. The van der Waals surface area contributed by atoms with Gasteiger partial charge in [0, 0.05) is 19.3 Å². The molecule has 10 heteroatoms. The zero-order valence-corrected chi connectivity index (χ0v) is 16.7. The Hall–Kier alpha value is -1.71. The molecule has 1 aromatic carbocycles. The van der Waals surface area contributed by atoms with E-state index in [2.05, 4.69) is 16.0 Å². The fourth-order valence-electron chi connectivity index (χ4n) is 3.03. The number of nitrogens with one attached hydrogen (secondary N) is 3. The smallest absolute Gasteiger partial charge is 0.241 e. The summed E-state index contributed by atoms with van der Waals surface area (Å²) < 4.78 is 35.9.